The van der Waals surface area contributed by atoms with Crippen molar-refractivity contribution < 1.29 is 39.5 Å². The Morgan fingerprint density at radius 1 is 0.696 bits per heavy atom. The lowest BCUT2D eigenvalue weighted by Gasteiger charge is -2.33. The maximum absolute atomic E-state index is 13.9. The van der Waals surface area contributed by atoms with E-state index in [1.54, 1.807) is 0 Å². The predicted octanol–water partition coefficient (Wildman–Crippen LogP) is 5.16. The Hall–Kier alpha value is -2.00. The highest BCUT2D eigenvalue weighted by molar-refractivity contribution is 5.85. The summed E-state index contributed by atoms with van der Waals surface area (Å²) in [4.78, 5) is 2.91. The molecule has 0 atom stereocenters. The SMILES string of the molecule is FC(F)(F)C(F)(F)C(F)(F)C(F)(F)c1nccc2ccccc12. The number of halogens is 9. The Bertz CT molecular complexity index is 715. The van der Waals surface area contributed by atoms with Crippen LogP contribution in [0.2, 0.25) is 0 Å². The van der Waals surface area contributed by atoms with Crippen LogP contribution < -0.4 is 0 Å². The van der Waals surface area contributed by atoms with E-state index in [-0.39, 0.29) is 5.39 Å². The molecule has 0 N–H and O–H groups in total. The van der Waals surface area contributed by atoms with Gasteiger partial charge in [-0.05, 0) is 11.5 Å². The van der Waals surface area contributed by atoms with E-state index in [4.69, 9.17) is 0 Å². The normalized spacial score (nSPS) is 14.3. The summed E-state index contributed by atoms with van der Waals surface area (Å²) in [6, 6.07) is 5.65. The highest BCUT2D eigenvalue weighted by Crippen LogP contribution is 2.56. The van der Waals surface area contributed by atoms with Crippen LogP contribution in [0.3, 0.4) is 0 Å². The number of benzene rings is 1. The van der Waals surface area contributed by atoms with Crippen LogP contribution in [0.4, 0.5) is 39.5 Å². The minimum atomic E-state index is -6.94. The largest absolute Gasteiger partial charge is 0.460 e. The van der Waals surface area contributed by atoms with E-state index in [1.165, 1.54) is 12.1 Å². The first-order valence-electron chi connectivity index (χ1n) is 5.88. The van der Waals surface area contributed by atoms with Crippen LogP contribution in [0.25, 0.3) is 10.8 Å². The Balaban J connectivity index is 2.69. The van der Waals surface area contributed by atoms with Crippen molar-refractivity contribution in [3.8, 4) is 0 Å². The molecule has 0 saturated heterocycles. The maximum Gasteiger partial charge on any atom is 0.460 e. The number of fused-ring (bicyclic) bond motifs is 1. The van der Waals surface area contributed by atoms with Gasteiger partial charge in [0.25, 0.3) is 0 Å². The van der Waals surface area contributed by atoms with Crippen LogP contribution in [0.15, 0.2) is 36.5 Å². The molecule has 2 aromatic rings. The van der Waals surface area contributed by atoms with Crippen LogP contribution >= 0.6 is 0 Å². The van der Waals surface area contributed by atoms with Gasteiger partial charge in [-0.15, -0.1) is 0 Å². The molecule has 2 rings (SSSR count). The molecule has 0 bridgehead atoms. The average Bonchev–Trinajstić information content (AvgIpc) is 2.45. The molecule has 0 aliphatic heterocycles. The molecule has 0 aliphatic carbocycles. The van der Waals surface area contributed by atoms with Gasteiger partial charge in [0.05, 0.1) is 0 Å². The molecule has 0 aliphatic rings. The number of aromatic nitrogens is 1. The lowest BCUT2D eigenvalue weighted by molar-refractivity contribution is -0.399. The van der Waals surface area contributed by atoms with Gasteiger partial charge in [-0.25, -0.2) is 0 Å². The summed E-state index contributed by atoms with van der Waals surface area (Å²) in [6.45, 7) is 0. The van der Waals surface area contributed by atoms with Crippen molar-refractivity contribution in [3.63, 3.8) is 0 Å². The predicted molar refractivity (Wildman–Crippen MR) is 61.6 cm³/mol. The van der Waals surface area contributed by atoms with Gasteiger partial charge in [-0.2, -0.15) is 39.5 Å². The number of pyridine rings is 1. The van der Waals surface area contributed by atoms with Gasteiger partial charge in [0.15, 0.2) is 0 Å². The molecule has 0 unspecified atom stereocenters. The smallest absolute Gasteiger partial charge is 0.254 e. The van der Waals surface area contributed by atoms with Crippen LogP contribution in [0.5, 0.6) is 0 Å². The lowest BCUT2D eigenvalue weighted by atomic mass is 9.97. The molecule has 1 heterocycles. The Morgan fingerprint density at radius 2 is 1.26 bits per heavy atom. The lowest BCUT2D eigenvalue weighted by Crippen LogP contribution is -2.59. The average molecular weight is 347 g/mol. The monoisotopic (exact) mass is 347 g/mol. The zero-order chi connectivity index (χ0) is 17.7. The molecule has 126 valence electrons. The first-order valence-corrected chi connectivity index (χ1v) is 5.88. The summed E-state index contributed by atoms with van der Waals surface area (Å²) < 4.78 is 117. The van der Waals surface area contributed by atoms with Gasteiger partial charge in [0.1, 0.15) is 5.69 Å². The van der Waals surface area contributed by atoms with E-state index < -0.39 is 35.0 Å². The van der Waals surface area contributed by atoms with Gasteiger partial charge < -0.3 is 0 Å². The second-order valence-electron chi connectivity index (χ2n) is 4.60. The Morgan fingerprint density at radius 3 is 1.83 bits per heavy atom. The Kier molecular flexibility index (Phi) is 3.77. The summed E-state index contributed by atoms with van der Waals surface area (Å²) >= 11 is 0. The second-order valence-corrected chi connectivity index (χ2v) is 4.60. The first-order chi connectivity index (χ1) is 10.3. The first kappa shape index (κ1) is 17.4. The fourth-order valence-corrected chi connectivity index (χ4v) is 1.89. The van der Waals surface area contributed by atoms with Crippen molar-refractivity contribution in [2.75, 3.05) is 0 Å². The number of rotatable bonds is 3. The van der Waals surface area contributed by atoms with Crippen LogP contribution in [0.1, 0.15) is 5.69 Å². The van der Waals surface area contributed by atoms with E-state index in [0.717, 1.165) is 18.2 Å². The van der Waals surface area contributed by atoms with Crippen LogP contribution in [-0.4, -0.2) is 23.0 Å². The quantitative estimate of drug-likeness (QED) is 0.699. The van der Waals surface area contributed by atoms with E-state index in [2.05, 4.69) is 4.98 Å². The summed E-state index contributed by atoms with van der Waals surface area (Å²) in [5.74, 6) is -19.5. The van der Waals surface area contributed by atoms with Gasteiger partial charge in [-0.1, -0.05) is 24.3 Å². The summed E-state index contributed by atoms with van der Waals surface area (Å²) in [5, 5.41) is -0.721. The van der Waals surface area contributed by atoms with Crippen molar-refractivity contribution >= 4 is 10.8 Å². The third kappa shape index (κ3) is 2.40. The standard InChI is InChI=1S/C13H6F9N/c14-10(15,11(16,17)12(18,19)13(20,21)22)9-8-4-2-1-3-7(8)5-6-23-9/h1-6H. The molecule has 1 nitrogen and oxygen atoms in total. The summed E-state index contributed by atoms with van der Waals surface area (Å²) in [6.07, 6.45) is -6.24. The van der Waals surface area contributed by atoms with Crippen molar-refractivity contribution in [1.82, 2.24) is 4.98 Å². The second kappa shape index (κ2) is 5.00. The summed E-state index contributed by atoms with van der Waals surface area (Å²) in [5.41, 5.74) is -1.86. The number of hydrogen-bond donors (Lipinski definition) is 0. The number of hydrogen-bond acceptors (Lipinski definition) is 1. The van der Waals surface area contributed by atoms with E-state index >= 15 is 0 Å². The minimum absolute atomic E-state index is 0.0664. The summed E-state index contributed by atoms with van der Waals surface area (Å²) in [7, 11) is 0. The Labute approximate surface area is 122 Å². The molecule has 0 amide bonds. The molecule has 1 aromatic carbocycles. The molecule has 0 fully saturated rings. The van der Waals surface area contributed by atoms with Gasteiger partial charge in [0.2, 0.25) is 0 Å². The van der Waals surface area contributed by atoms with E-state index in [9.17, 15) is 39.5 Å². The van der Waals surface area contributed by atoms with Crippen LogP contribution in [0, 0.1) is 0 Å². The van der Waals surface area contributed by atoms with Gasteiger partial charge >= 0.3 is 23.9 Å². The highest BCUT2D eigenvalue weighted by atomic mass is 19.4. The molecule has 23 heavy (non-hydrogen) atoms. The molecule has 0 radical (unpaired) electrons. The molecule has 10 heteroatoms. The molecular formula is C13H6F9N. The van der Waals surface area contributed by atoms with E-state index in [1.807, 2.05) is 0 Å². The minimum Gasteiger partial charge on any atom is -0.254 e. The number of nitrogens with zero attached hydrogens (tertiary/aromatic N) is 1. The zero-order valence-corrected chi connectivity index (χ0v) is 10.8. The zero-order valence-electron chi connectivity index (χ0n) is 10.8. The van der Waals surface area contributed by atoms with E-state index in [0.29, 0.717) is 6.20 Å². The molecule has 0 saturated carbocycles. The topological polar surface area (TPSA) is 12.9 Å². The van der Waals surface area contributed by atoms with Crippen molar-refractivity contribution in [1.29, 1.82) is 0 Å². The molecular weight excluding hydrogens is 341 g/mol. The third-order valence-electron chi connectivity index (χ3n) is 3.12. The van der Waals surface area contributed by atoms with Crippen LogP contribution in [-0.2, 0) is 5.92 Å². The van der Waals surface area contributed by atoms with Crippen molar-refractivity contribution in [2.45, 2.75) is 23.9 Å². The molecule has 1 aromatic heterocycles. The fourth-order valence-electron chi connectivity index (χ4n) is 1.89. The maximum atomic E-state index is 13.9. The molecule has 0 spiro atoms. The fraction of sp³-hybridized carbons (Fsp3) is 0.308. The van der Waals surface area contributed by atoms with Gasteiger partial charge in [0, 0.05) is 11.6 Å². The highest BCUT2D eigenvalue weighted by Gasteiger charge is 2.82. The van der Waals surface area contributed by atoms with Crippen molar-refractivity contribution in [2.24, 2.45) is 0 Å². The van der Waals surface area contributed by atoms with Crippen molar-refractivity contribution in [3.05, 3.63) is 42.2 Å². The third-order valence-corrected chi connectivity index (χ3v) is 3.12. The number of alkyl halides is 9. The van der Waals surface area contributed by atoms with Gasteiger partial charge in [-0.3, -0.25) is 4.98 Å².